The lowest BCUT2D eigenvalue weighted by Gasteiger charge is -2.35. The summed E-state index contributed by atoms with van der Waals surface area (Å²) in [5, 5.41) is 0. The highest BCUT2D eigenvalue weighted by molar-refractivity contribution is 5.59. The first-order valence-corrected chi connectivity index (χ1v) is 7.19. The minimum atomic E-state index is -0.297. The average Bonchev–Trinajstić information content (AvgIpc) is 2.31. The van der Waals surface area contributed by atoms with Crippen LogP contribution in [0.2, 0.25) is 0 Å². The normalized spacial score (nSPS) is 19.5. The van der Waals surface area contributed by atoms with Gasteiger partial charge >= 0.3 is 0 Å². The SMILES string of the molecule is CCCCCC1CCN(CC(C)(C)[C]=O)CC1. The highest BCUT2D eigenvalue weighted by Gasteiger charge is 2.25. The zero-order valence-corrected chi connectivity index (χ0v) is 11.8. The first-order chi connectivity index (χ1) is 8.07. The van der Waals surface area contributed by atoms with Gasteiger partial charge in [0.15, 0.2) is 0 Å². The summed E-state index contributed by atoms with van der Waals surface area (Å²) in [6.07, 6.45) is 10.3. The van der Waals surface area contributed by atoms with Crippen molar-refractivity contribution in [3.05, 3.63) is 0 Å². The highest BCUT2D eigenvalue weighted by atomic mass is 16.1. The second kappa shape index (κ2) is 7.15. The predicted molar refractivity (Wildman–Crippen MR) is 72.8 cm³/mol. The van der Waals surface area contributed by atoms with Crippen LogP contribution in [0.15, 0.2) is 0 Å². The van der Waals surface area contributed by atoms with Crippen molar-refractivity contribution in [3.8, 4) is 0 Å². The maximum Gasteiger partial charge on any atom is 0.205 e. The third-order valence-electron chi connectivity index (χ3n) is 3.82. The Morgan fingerprint density at radius 3 is 2.41 bits per heavy atom. The molecule has 0 spiro atoms. The zero-order chi connectivity index (χ0) is 12.7. The summed E-state index contributed by atoms with van der Waals surface area (Å²) in [6.45, 7) is 9.43. The van der Waals surface area contributed by atoms with Crippen molar-refractivity contribution in [1.82, 2.24) is 4.90 Å². The summed E-state index contributed by atoms with van der Waals surface area (Å²) in [6, 6.07) is 0. The van der Waals surface area contributed by atoms with Gasteiger partial charge in [-0.15, -0.1) is 0 Å². The quantitative estimate of drug-likeness (QED) is 0.633. The van der Waals surface area contributed by atoms with E-state index in [0.29, 0.717) is 0 Å². The second-order valence-electron chi connectivity index (χ2n) is 6.20. The standard InChI is InChI=1S/C15H28NO/c1-4-5-6-7-14-8-10-16(11-9-14)12-15(2,3)13-17/h14H,4-12H2,1-3H3. The van der Waals surface area contributed by atoms with Crippen LogP contribution >= 0.6 is 0 Å². The third-order valence-corrected chi connectivity index (χ3v) is 3.82. The molecule has 0 bridgehead atoms. The zero-order valence-electron chi connectivity index (χ0n) is 11.8. The van der Waals surface area contributed by atoms with Gasteiger partial charge in [-0.05, 0) is 31.8 Å². The predicted octanol–water partition coefficient (Wildman–Crippen LogP) is 3.41. The van der Waals surface area contributed by atoms with Crippen molar-refractivity contribution in [2.45, 2.75) is 59.3 Å². The number of rotatable bonds is 7. The Balaban J connectivity index is 2.19. The second-order valence-corrected chi connectivity index (χ2v) is 6.20. The van der Waals surface area contributed by atoms with Crippen LogP contribution in [0.5, 0.6) is 0 Å². The molecule has 1 aliphatic rings. The lowest BCUT2D eigenvalue weighted by Crippen LogP contribution is -2.40. The molecule has 99 valence electrons. The molecule has 0 aromatic rings. The molecule has 0 unspecified atom stereocenters. The average molecular weight is 238 g/mol. The summed E-state index contributed by atoms with van der Waals surface area (Å²) in [7, 11) is 0. The van der Waals surface area contributed by atoms with E-state index in [-0.39, 0.29) is 5.41 Å². The molecule has 1 heterocycles. The van der Waals surface area contributed by atoms with Crippen LogP contribution in [0.3, 0.4) is 0 Å². The van der Waals surface area contributed by atoms with Crippen LogP contribution in [0, 0.1) is 11.3 Å². The Kier molecular flexibility index (Phi) is 6.18. The largest absolute Gasteiger partial charge is 0.302 e. The maximum atomic E-state index is 10.8. The number of piperidine rings is 1. The van der Waals surface area contributed by atoms with E-state index in [9.17, 15) is 4.79 Å². The molecule has 1 rings (SSSR count). The van der Waals surface area contributed by atoms with E-state index in [1.54, 1.807) is 0 Å². The topological polar surface area (TPSA) is 20.3 Å². The van der Waals surface area contributed by atoms with Crippen LogP contribution < -0.4 is 0 Å². The smallest absolute Gasteiger partial charge is 0.205 e. The number of likely N-dealkylation sites (tertiary alicyclic amines) is 1. The van der Waals surface area contributed by atoms with Crippen molar-refractivity contribution in [3.63, 3.8) is 0 Å². The van der Waals surface area contributed by atoms with Crippen LogP contribution in [0.25, 0.3) is 0 Å². The van der Waals surface area contributed by atoms with Crippen molar-refractivity contribution in [2.75, 3.05) is 19.6 Å². The van der Waals surface area contributed by atoms with E-state index < -0.39 is 0 Å². The molecular weight excluding hydrogens is 210 g/mol. The van der Waals surface area contributed by atoms with E-state index in [2.05, 4.69) is 18.1 Å². The lowest BCUT2D eigenvalue weighted by molar-refractivity contribution is 0.147. The van der Waals surface area contributed by atoms with Gasteiger partial charge in [0.05, 0.1) is 0 Å². The fraction of sp³-hybridized carbons (Fsp3) is 0.933. The van der Waals surface area contributed by atoms with Gasteiger partial charge in [-0.3, -0.25) is 4.79 Å². The summed E-state index contributed by atoms with van der Waals surface area (Å²) in [5.74, 6) is 0.932. The molecule has 17 heavy (non-hydrogen) atoms. The summed E-state index contributed by atoms with van der Waals surface area (Å²) in [4.78, 5) is 13.2. The van der Waals surface area contributed by atoms with E-state index >= 15 is 0 Å². The van der Waals surface area contributed by atoms with Crippen LogP contribution in [-0.4, -0.2) is 30.8 Å². The summed E-state index contributed by atoms with van der Waals surface area (Å²) in [5.41, 5.74) is -0.297. The van der Waals surface area contributed by atoms with Gasteiger partial charge in [-0.2, -0.15) is 0 Å². The summed E-state index contributed by atoms with van der Waals surface area (Å²) >= 11 is 0. The molecule has 0 amide bonds. The van der Waals surface area contributed by atoms with E-state index in [1.807, 2.05) is 13.8 Å². The fourth-order valence-corrected chi connectivity index (χ4v) is 2.71. The first kappa shape index (κ1) is 14.7. The maximum absolute atomic E-state index is 10.8. The minimum absolute atomic E-state index is 0.297. The Hall–Kier alpha value is -0.370. The molecule has 0 N–H and O–H groups in total. The molecule has 1 fully saturated rings. The lowest BCUT2D eigenvalue weighted by atomic mass is 9.89. The molecule has 1 radical (unpaired) electrons. The van der Waals surface area contributed by atoms with Gasteiger partial charge < -0.3 is 4.90 Å². The molecule has 2 heteroatoms. The van der Waals surface area contributed by atoms with Crippen molar-refractivity contribution >= 4 is 6.29 Å². The number of unbranched alkanes of at least 4 members (excludes halogenated alkanes) is 2. The van der Waals surface area contributed by atoms with Gasteiger partial charge in [0.25, 0.3) is 0 Å². The summed E-state index contributed by atoms with van der Waals surface area (Å²) < 4.78 is 0. The molecule has 1 saturated heterocycles. The van der Waals surface area contributed by atoms with Gasteiger partial charge in [0, 0.05) is 12.0 Å². The molecule has 0 aromatic heterocycles. The van der Waals surface area contributed by atoms with E-state index in [4.69, 9.17) is 0 Å². The molecule has 2 nitrogen and oxygen atoms in total. The Morgan fingerprint density at radius 1 is 1.24 bits per heavy atom. The number of carbonyl (C=O) groups excluding carboxylic acids is 1. The number of hydrogen-bond acceptors (Lipinski definition) is 2. The molecule has 0 saturated carbocycles. The Bertz CT molecular complexity index is 217. The highest BCUT2D eigenvalue weighted by Crippen LogP contribution is 2.25. The van der Waals surface area contributed by atoms with Gasteiger partial charge in [-0.1, -0.05) is 46.5 Å². The first-order valence-electron chi connectivity index (χ1n) is 7.19. The van der Waals surface area contributed by atoms with Gasteiger partial charge in [0.1, 0.15) is 0 Å². The minimum Gasteiger partial charge on any atom is -0.302 e. The molecule has 1 aliphatic heterocycles. The van der Waals surface area contributed by atoms with Crippen molar-refractivity contribution in [1.29, 1.82) is 0 Å². The monoisotopic (exact) mass is 238 g/mol. The molecule has 0 aromatic carbocycles. The number of nitrogens with zero attached hydrogens (tertiary/aromatic N) is 1. The van der Waals surface area contributed by atoms with Crippen molar-refractivity contribution in [2.24, 2.45) is 11.3 Å². The van der Waals surface area contributed by atoms with E-state index in [1.165, 1.54) is 51.6 Å². The van der Waals surface area contributed by atoms with E-state index in [0.717, 1.165) is 12.5 Å². The van der Waals surface area contributed by atoms with Crippen LogP contribution in [-0.2, 0) is 4.79 Å². The molecule has 0 atom stereocenters. The van der Waals surface area contributed by atoms with Crippen LogP contribution in [0.4, 0.5) is 0 Å². The van der Waals surface area contributed by atoms with Gasteiger partial charge in [0.2, 0.25) is 6.29 Å². The molecule has 0 aliphatic carbocycles. The fourth-order valence-electron chi connectivity index (χ4n) is 2.71. The number of hydrogen-bond donors (Lipinski definition) is 0. The Morgan fingerprint density at radius 2 is 1.88 bits per heavy atom. The third kappa shape index (κ3) is 5.67. The van der Waals surface area contributed by atoms with Gasteiger partial charge in [-0.25, -0.2) is 0 Å². The Labute approximate surface area is 107 Å². The van der Waals surface area contributed by atoms with Crippen molar-refractivity contribution < 1.29 is 4.79 Å². The molecular formula is C15H28NO. The van der Waals surface area contributed by atoms with Crippen LogP contribution in [0.1, 0.15) is 59.3 Å².